The Morgan fingerprint density at radius 3 is 2.68 bits per heavy atom. The average Bonchev–Trinajstić information content (AvgIpc) is 2.79. The van der Waals surface area contributed by atoms with Crippen LogP contribution in [0.4, 0.5) is 0 Å². The van der Waals surface area contributed by atoms with E-state index in [9.17, 15) is 4.79 Å². The first-order valence-corrected chi connectivity index (χ1v) is 7.88. The number of hydrogen-bond donors (Lipinski definition) is 1. The number of nitrogens with zero attached hydrogens (tertiary/aromatic N) is 2. The normalized spacial score (nSPS) is 18.5. The smallest absolute Gasteiger partial charge is 0.171 e. The van der Waals surface area contributed by atoms with Gasteiger partial charge in [-0.05, 0) is 13.3 Å². The van der Waals surface area contributed by atoms with Gasteiger partial charge in [-0.25, -0.2) is 4.98 Å². The molecule has 0 aliphatic carbocycles. The van der Waals surface area contributed by atoms with Gasteiger partial charge in [0, 0.05) is 33.1 Å². The van der Waals surface area contributed by atoms with Crippen molar-refractivity contribution in [3.63, 3.8) is 0 Å². The van der Waals surface area contributed by atoms with Gasteiger partial charge in [0.05, 0.1) is 16.6 Å². The molecule has 1 aromatic rings. The van der Waals surface area contributed by atoms with Gasteiger partial charge in [-0.2, -0.15) is 0 Å². The summed E-state index contributed by atoms with van der Waals surface area (Å²) in [4.78, 5) is 19.6. The van der Waals surface area contributed by atoms with Crippen molar-refractivity contribution < 1.29 is 4.79 Å². The van der Waals surface area contributed by atoms with Gasteiger partial charge in [-0.15, -0.1) is 11.3 Å². The van der Waals surface area contributed by atoms with Crippen LogP contribution in [-0.2, 0) is 0 Å². The molecule has 0 bridgehead atoms. The molecule has 1 fully saturated rings. The lowest BCUT2D eigenvalue weighted by atomic mass is 10.1. The highest BCUT2D eigenvalue weighted by molar-refractivity contribution is 7.13. The van der Waals surface area contributed by atoms with Gasteiger partial charge in [0.2, 0.25) is 0 Å². The lowest BCUT2D eigenvalue weighted by molar-refractivity contribution is 0.102. The summed E-state index contributed by atoms with van der Waals surface area (Å²) in [5.41, 5.74) is 0.892. The van der Waals surface area contributed by atoms with Crippen LogP contribution in [-0.4, -0.2) is 41.8 Å². The number of ketones is 1. The van der Waals surface area contributed by atoms with E-state index in [4.69, 9.17) is 0 Å². The summed E-state index contributed by atoms with van der Waals surface area (Å²) in [5, 5.41) is 4.50. The van der Waals surface area contributed by atoms with E-state index < -0.39 is 0 Å². The van der Waals surface area contributed by atoms with Crippen LogP contribution in [0.2, 0.25) is 0 Å². The standard InChI is InChI=1S/C14H23N3OS/c1-4-5-12(17-8-6-15-7-9-17)14-16-10(2)13(19-14)11(3)18/h12,15H,4-9H2,1-3H3. The number of hydrogen-bond acceptors (Lipinski definition) is 5. The van der Waals surface area contributed by atoms with Gasteiger partial charge < -0.3 is 5.32 Å². The predicted molar refractivity (Wildman–Crippen MR) is 78.9 cm³/mol. The van der Waals surface area contributed by atoms with Crippen molar-refractivity contribution in [3.8, 4) is 0 Å². The quantitative estimate of drug-likeness (QED) is 0.842. The summed E-state index contributed by atoms with van der Waals surface area (Å²) in [6, 6.07) is 0.379. The molecular weight excluding hydrogens is 258 g/mol. The fourth-order valence-electron chi connectivity index (χ4n) is 2.62. The minimum atomic E-state index is 0.136. The van der Waals surface area contributed by atoms with Crippen molar-refractivity contribution in [1.82, 2.24) is 15.2 Å². The first kappa shape index (κ1) is 14.6. The molecule has 1 N–H and O–H groups in total. The molecule has 0 aromatic carbocycles. The largest absolute Gasteiger partial charge is 0.314 e. The summed E-state index contributed by atoms with van der Waals surface area (Å²) in [5.74, 6) is 0.136. The van der Waals surface area contributed by atoms with Gasteiger partial charge >= 0.3 is 0 Å². The van der Waals surface area contributed by atoms with Crippen LogP contribution in [0.1, 0.15) is 53.1 Å². The third-order valence-electron chi connectivity index (χ3n) is 3.57. The number of nitrogens with one attached hydrogen (secondary N) is 1. The SMILES string of the molecule is CCCC(c1nc(C)c(C(C)=O)s1)N1CCNCC1. The van der Waals surface area contributed by atoms with Crippen LogP contribution >= 0.6 is 11.3 Å². The molecule has 1 aliphatic heterocycles. The van der Waals surface area contributed by atoms with Crippen molar-refractivity contribution in [2.24, 2.45) is 0 Å². The lowest BCUT2D eigenvalue weighted by Crippen LogP contribution is -2.45. The number of carbonyl (C=O) groups excluding carboxylic acids is 1. The molecule has 0 spiro atoms. The molecule has 0 radical (unpaired) electrons. The Bertz CT molecular complexity index is 438. The predicted octanol–water partition coefficient (Wildman–Crippen LogP) is 2.40. The summed E-state index contributed by atoms with van der Waals surface area (Å²) in [6.07, 6.45) is 2.26. The van der Waals surface area contributed by atoms with Crippen molar-refractivity contribution in [2.75, 3.05) is 26.2 Å². The maximum Gasteiger partial charge on any atom is 0.171 e. The second kappa shape index (κ2) is 6.59. The number of rotatable bonds is 5. The molecule has 0 saturated carbocycles. The Labute approximate surface area is 119 Å². The maximum absolute atomic E-state index is 11.6. The van der Waals surface area contributed by atoms with Crippen molar-refractivity contribution >= 4 is 17.1 Å². The summed E-state index contributed by atoms with van der Waals surface area (Å²) >= 11 is 1.59. The Balaban J connectivity index is 2.22. The Hall–Kier alpha value is -0.780. The van der Waals surface area contributed by atoms with Crippen LogP contribution in [0.3, 0.4) is 0 Å². The summed E-state index contributed by atoms with van der Waals surface area (Å²) in [7, 11) is 0. The third-order valence-corrected chi connectivity index (χ3v) is 4.93. The van der Waals surface area contributed by atoms with Crippen LogP contribution in [0.5, 0.6) is 0 Å². The molecule has 1 saturated heterocycles. The van der Waals surface area contributed by atoms with Crippen LogP contribution in [0, 0.1) is 6.92 Å². The third kappa shape index (κ3) is 3.41. The summed E-state index contributed by atoms with van der Waals surface area (Å²) in [6.45, 7) is 10.0. The molecule has 5 heteroatoms. The second-order valence-corrected chi connectivity index (χ2v) is 6.14. The molecule has 1 aliphatic rings. The number of Topliss-reactive ketones (excluding diaryl/α,β-unsaturated/α-hetero) is 1. The molecule has 1 atom stereocenters. The number of carbonyl (C=O) groups is 1. The van der Waals surface area contributed by atoms with E-state index in [0.717, 1.165) is 54.6 Å². The molecular formula is C14H23N3OS. The average molecular weight is 281 g/mol. The zero-order valence-corrected chi connectivity index (χ0v) is 12.8. The lowest BCUT2D eigenvalue weighted by Gasteiger charge is -2.33. The minimum Gasteiger partial charge on any atom is -0.314 e. The maximum atomic E-state index is 11.6. The monoisotopic (exact) mass is 281 g/mol. The molecule has 4 nitrogen and oxygen atoms in total. The number of thiazole rings is 1. The van der Waals surface area contributed by atoms with Gasteiger partial charge in [-0.3, -0.25) is 9.69 Å². The number of aromatic nitrogens is 1. The molecule has 106 valence electrons. The highest BCUT2D eigenvalue weighted by Gasteiger charge is 2.25. The number of aryl methyl sites for hydroxylation is 1. The molecule has 2 rings (SSSR count). The highest BCUT2D eigenvalue weighted by Crippen LogP contribution is 2.31. The molecule has 1 aromatic heterocycles. The van der Waals surface area contributed by atoms with E-state index >= 15 is 0 Å². The molecule has 2 heterocycles. The minimum absolute atomic E-state index is 0.136. The van der Waals surface area contributed by atoms with Gasteiger partial charge in [0.1, 0.15) is 5.01 Å². The first-order valence-electron chi connectivity index (χ1n) is 7.06. The Morgan fingerprint density at radius 2 is 2.16 bits per heavy atom. The van der Waals surface area contributed by atoms with Crippen LogP contribution in [0.25, 0.3) is 0 Å². The topological polar surface area (TPSA) is 45.2 Å². The zero-order chi connectivity index (χ0) is 13.8. The van der Waals surface area contributed by atoms with Crippen molar-refractivity contribution in [2.45, 2.75) is 39.7 Å². The van der Waals surface area contributed by atoms with E-state index in [-0.39, 0.29) is 5.78 Å². The summed E-state index contributed by atoms with van der Waals surface area (Å²) < 4.78 is 0. The number of piperazine rings is 1. The fourth-order valence-corrected chi connectivity index (χ4v) is 3.75. The van der Waals surface area contributed by atoms with E-state index in [1.54, 1.807) is 18.3 Å². The van der Waals surface area contributed by atoms with Crippen LogP contribution < -0.4 is 5.32 Å². The van der Waals surface area contributed by atoms with E-state index in [0.29, 0.717) is 6.04 Å². The zero-order valence-electron chi connectivity index (χ0n) is 12.0. The van der Waals surface area contributed by atoms with Gasteiger partial charge in [-0.1, -0.05) is 13.3 Å². The first-order chi connectivity index (χ1) is 9.13. The van der Waals surface area contributed by atoms with E-state index in [2.05, 4.69) is 22.1 Å². The molecule has 19 heavy (non-hydrogen) atoms. The Kier molecular flexibility index (Phi) is 5.07. The van der Waals surface area contributed by atoms with Gasteiger partial charge in [0.25, 0.3) is 0 Å². The molecule has 0 amide bonds. The van der Waals surface area contributed by atoms with Gasteiger partial charge in [0.15, 0.2) is 5.78 Å². The Morgan fingerprint density at radius 1 is 1.47 bits per heavy atom. The van der Waals surface area contributed by atoms with Crippen molar-refractivity contribution in [1.29, 1.82) is 0 Å². The van der Waals surface area contributed by atoms with E-state index in [1.807, 2.05) is 6.92 Å². The highest BCUT2D eigenvalue weighted by atomic mass is 32.1. The fraction of sp³-hybridized carbons (Fsp3) is 0.714. The molecule has 1 unspecified atom stereocenters. The van der Waals surface area contributed by atoms with Crippen LogP contribution in [0.15, 0.2) is 0 Å². The second-order valence-electron chi connectivity index (χ2n) is 5.11. The van der Waals surface area contributed by atoms with Crippen molar-refractivity contribution in [3.05, 3.63) is 15.6 Å². The van der Waals surface area contributed by atoms with E-state index in [1.165, 1.54) is 0 Å².